The summed E-state index contributed by atoms with van der Waals surface area (Å²) < 4.78 is 0. The molecule has 0 spiro atoms. The zero-order valence-corrected chi connectivity index (χ0v) is 13.7. The average molecular weight is 285 g/mol. The summed E-state index contributed by atoms with van der Waals surface area (Å²) in [6.45, 7) is 7.16. The van der Waals surface area contributed by atoms with Crippen LogP contribution < -0.4 is 5.32 Å². The Balaban J connectivity index is 1.61. The van der Waals surface area contributed by atoms with E-state index >= 15 is 0 Å². The second-order valence-corrected chi connectivity index (χ2v) is 7.46. The predicted octanol–water partition coefficient (Wildman–Crippen LogP) is 4.84. The topological polar surface area (TPSA) is 12.0 Å². The highest BCUT2D eigenvalue weighted by molar-refractivity contribution is 5.26. The van der Waals surface area contributed by atoms with Crippen molar-refractivity contribution in [2.45, 2.75) is 51.9 Å². The van der Waals surface area contributed by atoms with Gasteiger partial charge < -0.3 is 5.32 Å². The summed E-state index contributed by atoms with van der Waals surface area (Å²) in [5, 5.41) is 3.69. The molecule has 3 rings (SSSR count). The average Bonchev–Trinajstić information content (AvgIpc) is 3.30. The van der Waals surface area contributed by atoms with Gasteiger partial charge in [0.25, 0.3) is 0 Å². The fourth-order valence-corrected chi connectivity index (χ4v) is 4.50. The van der Waals surface area contributed by atoms with Crippen LogP contribution in [0.4, 0.5) is 0 Å². The molecule has 0 aromatic heterocycles. The van der Waals surface area contributed by atoms with E-state index in [9.17, 15) is 0 Å². The second-order valence-electron chi connectivity index (χ2n) is 7.46. The van der Waals surface area contributed by atoms with Gasteiger partial charge in [-0.1, -0.05) is 50.6 Å². The van der Waals surface area contributed by atoms with Crippen molar-refractivity contribution in [1.29, 1.82) is 0 Å². The molecule has 2 fully saturated rings. The van der Waals surface area contributed by atoms with Crippen molar-refractivity contribution >= 4 is 0 Å². The Morgan fingerprint density at radius 2 is 1.86 bits per heavy atom. The molecule has 1 aromatic carbocycles. The molecule has 5 unspecified atom stereocenters. The minimum atomic E-state index is 0.857. The molecule has 0 saturated heterocycles. The van der Waals surface area contributed by atoms with Crippen LogP contribution in [0.1, 0.15) is 57.4 Å². The Hall–Kier alpha value is -0.820. The number of hydrogen-bond acceptors (Lipinski definition) is 1. The molecule has 2 aliphatic rings. The van der Waals surface area contributed by atoms with Gasteiger partial charge >= 0.3 is 0 Å². The van der Waals surface area contributed by atoms with Gasteiger partial charge in [0.2, 0.25) is 0 Å². The van der Waals surface area contributed by atoms with Gasteiger partial charge in [-0.15, -0.1) is 0 Å². The molecule has 0 bridgehead atoms. The molecule has 21 heavy (non-hydrogen) atoms. The van der Waals surface area contributed by atoms with Gasteiger partial charge in [-0.25, -0.2) is 0 Å². The quantitative estimate of drug-likeness (QED) is 0.737. The first-order valence-electron chi connectivity index (χ1n) is 9.05. The summed E-state index contributed by atoms with van der Waals surface area (Å²) in [4.78, 5) is 0. The maximum atomic E-state index is 3.69. The third-order valence-electron chi connectivity index (χ3n) is 5.76. The molecule has 2 saturated carbocycles. The van der Waals surface area contributed by atoms with Crippen molar-refractivity contribution in [3.63, 3.8) is 0 Å². The Morgan fingerprint density at radius 3 is 2.62 bits per heavy atom. The maximum absolute atomic E-state index is 3.69. The summed E-state index contributed by atoms with van der Waals surface area (Å²) in [7, 11) is 0. The van der Waals surface area contributed by atoms with Crippen LogP contribution in [0, 0.1) is 23.7 Å². The van der Waals surface area contributed by atoms with Gasteiger partial charge in [-0.05, 0) is 73.9 Å². The van der Waals surface area contributed by atoms with E-state index in [1.807, 2.05) is 0 Å². The first kappa shape index (κ1) is 15.1. The van der Waals surface area contributed by atoms with Gasteiger partial charge in [0.15, 0.2) is 0 Å². The van der Waals surface area contributed by atoms with Crippen LogP contribution in [0.2, 0.25) is 0 Å². The van der Waals surface area contributed by atoms with Crippen molar-refractivity contribution < 1.29 is 0 Å². The molecule has 1 heteroatoms. The van der Waals surface area contributed by atoms with Gasteiger partial charge in [0.1, 0.15) is 0 Å². The molecular formula is C20H31N. The van der Waals surface area contributed by atoms with Crippen LogP contribution in [-0.2, 0) is 0 Å². The summed E-state index contributed by atoms with van der Waals surface area (Å²) in [5.74, 6) is 4.64. The zero-order valence-electron chi connectivity index (χ0n) is 13.7. The van der Waals surface area contributed by atoms with Crippen LogP contribution in [0.15, 0.2) is 30.3 Å². The SMILES string of the molecule is CCCNCC1CCC(C)CC1C1CC1c1ccccc1. The fraction of sp³-hybridized carbons (Fsp3) is 0.700. The third kappa shape index (κ3) is 3.69. The molecule has 0 aliphatic heterocycles. The lowest BCUT2D eigenvalue weighted by molar-refractivity contribution is 0.161. The van der Waals surface area contributed by atoms with Crippen LogP contribution in [0.5, 0.6) is 0 Å². The van der Waals surface area contributed by atoms with E-state index < -0.39 is 0 Å². The van der Waals surface area contributed by atoms with Crippen molar-refractivity contribution in [3.05, 3.63) is 35.9 Å². The van der Waals surface area contributed by atoms with E-state index in [4.69, 9.17) is 0 Å². The van der Waals surface area contributed by atoms with E-state index in [1.54, 1.807) is 5.56 Å². The molecule has 1 nitrogen and oxygen atoms in total. The number of rotatable bonds is 6. The highest BCUT2D eigenvalue weighted by atomic mass is 14.9. The van der Waals surface area contributed by atoms with Crippen molar-refractivity contribution in [2.75, 3.05) is 13.1 Å². The minimum Gasteiger partial charge on any atom is -0.316 e. The van der Waals surface area contributed by atoms with E-state index in [-0.39, 0.29) is 0 Å². The van der Waals surface area contributed by atoms with Gasteiger partial charge in [0, 0.05) is 0 Å². The van der Waals surface area contributed by atoms with E-state index in [1.165, 1.54) is 45.2 Å². The summed E-state index contributed by atoms with van der Waals surface area (Å²) >= 11 is 0. The molecule has 0 amide bonds. The maximum Gasteiger partial charge on any atom is -0.00178 e. The molecule has 1 aromatic rings. The van der Waals surface area contributed by atoms with Crippen molar-refractivity contribution in [2.24, 2.45) is 23.7 Å². The first-order chi connectivity index (χ1) is 10.3. The molecule has 2 aliphatic carbocycles. The normalized spacial score (nSPS) is 35.6. The molecule has 0 heterocycles. The monoisotopic (exact) mass is 285 g/mol. The molecule has 0 radical (unpaired) electrons. The largest absolute Gasteiger partial charge is 0.316 e. The minimum absolute atomic E-state index is 0.857. The highest BCUT2D eigenvalue weighted by Crippen LogP contribution is 2.57. The number of hydrogen-bond donors (Lipinski definition) is 1. The predicted molar refractivity (Wildman–Crippen MR) is 90.4 cm³/mol. The summed E-state index contributed by atoms with van der Waals surface area (Å²) in [6.07, 6.45) is 7.04. The lowest BCUT2D eigenvalue weighted by Crippen LogP contribution is -2.34. The Bertz CT molecular complexity index is 427. The van der Waals surface area contributed by atoms with Gasteiger partial charge in [-0.3, -0.25) is 0 Å². The smallest absolute Gasteiger partial charge is 0.00178 e. The molecular weight excluding hydrogens is 254 g/mol. The fourth-order valence-electron chi connectivity index (χ4n) is 4.50. The lowest BCUT2D eigenvalue weighted by atomic mass is 9.71. The number of benzene rings is 1. The van der Waals surface area contributed by atoms with Crippen LogP contribution in [0.3, 0.4) is 0 Å². The van der Waals surface area contributed by atoms with Crippen molar-refractivity contribution in [1.82, 2.24) is 5.32 Å². The van der Waals surface area contributed by atoms with E-state index in [2.05, 4.69) is 49.5 Å². The molecule has 5 atom stereocenters. The summed E-state index contributed by atoms with van der Waals surface area (Å²) in [6, 6.07) is 11.2. The highest BCUT2D eigenvalue weighted by Gasteiger charge is 2.47. The van der Waals surface area contributed by atoms with Crippen LogP contribution in [-0.4, -0.2) is 13.1 Å². The van der Waals surface area contributed by atoms with Gasteiger partial charge in [-0.2, -0.15) is 0 Å². The van der Waals surface area contributed by atoms with E-state index in [0.29, 0.717) is 0 Å². The zero-order chi connectivity index (χ0) is 14.7. The first-order valence-corrected chi connectivity index (χ1v) is 9.05. The molecule has 116 valence electrons. The van der Waals surface area contributed by atoms with E-state index in [0.717, 1.165) is 29.6 Å². The Morgan fingerprint density at radius 1 is 1.05 bits per heavy atom. The van der Waals surface area contributed by atoms with Crippen LogP contribution >= 0.6 is 0 Å². The second kappa shape index (κ2) is 6.96. The van der Waals surface area contributed by atoms with Crippen molar-refractivity contribution in [3.8, 4) is 0 Å². The van der Waals surface area contributed by atoms with Gasteiger partial charge in [0.05, 0.1) is 0 Å². The molecule has 1 N–H and O–H groups in total. The standard InChI is InChI=1S/C20H31N/c1-3-11-21-14-17-10-9-15(2)12-18(17)20-13-19(20)16-7-5-4-6-8-16/h4-8,15,17-21H,3,9-14H2,1-2H3. The third-order valence-corrected chi connectivity index (χ3v) is 5.76. The Labute approximate surface area is 130 Å². The van der Waals surface area contributed by atoms with Crippen LogP contribution in [0.25, 0.3) is 0 Å². The number of nitrogens with one attached hydrogen (secondary N) is 1. The Kier molecular flexibility index (Phi) is 5.00. The lowest BCUT2D eigenvalue weighted by Gasteiger charge is -2.36. The summed E-state index contributed by atoms with van der Waals surface area (Å²) in [5.41, 5.74) is 1.58.